The first-order valence-electron chi connectivity index (χ1n) is 6.55. The Morgan fingerprint density at radius 3 is 2.62 bits per heavy atom. The quantitative estimate of drug-likeness (QED) is 0.908. The maximum atomic E-state index is 13.5. The summed E-state index contributed by atoms with van der Waals surface area (Å²) in [7, 11) is 0. The average molecular weight is 290 g/mol. The van der Waals surface area contributed by atoms with Crippen molar-refractivity contribution in [3.8, 4) is 0 Å². The van der Waals surface area contributed by atoms with Crippen molar-refractivity contribution in [1.82, 2.24) is 0 Å². The largest absolute Gasteiger partial charge is 0.325 e. The lowest BCUT2D eigenvalue weighted by atomic mass is 10.1. The van der Waals surface area contributed by atoms with Gasteiger partial charge in [-0.05, 0) is 30.2 Å². The molecule has 0 saturated heterocycles. The fourth-order valence-corrected chi connectivity index (χ4v) is 2.04. The molecule has 0 saturated carbocycles. The van der Waals surface area contributed by atoms with E-state index >= 15 is 0 Å². The molecule has 1 unspecified atom stereocenters. The summed E-state index contributed by atoms with van der Waals surface area (Å²) < 4.78 is 26.3. The maximum absolute atomic E-state index is 13.5. The number of rotatable bonds is 4. The Bertz CT molecular complexity index is 656. The van der Waals surface area contributed by atoms with Gasteiger partial charge in [0, 0.05) is 17.8 Å². The van der Waals surface area contributed by atoms with E-state index < -0.39 is 11.6 Å². The Labute approximate surface area is 121 Å². The smallest absolute Gasteiger partial charge is 0.228 e. The topological polar surface area (TPSA) is 55.1 Å². The number of halogens is 2. The van der Waals surface area contributed by atoms with Crippen LogP contribution in [0.4, 0.5) is 14.5 Å². The van der Waals surface area contributed by atoms with Crippen molar-refractivity contribution in [2.24, 2.45) is 5.73 Å². The molecule has 1 amide bonds. The van der Waals surface area contributed by atoms with Crippen molar-refractivity contribution in [1.29, 1.82) is 0 Å². The number of nitrogens with one attached hydrogen (secondary N) is 1. The number of hydrogen-bond acceptors (Lipinski definition) is 2. The van der Waals surface area contributed by atoms with Crippen LogP contribution in [-0.2, 0) is 11.2 Å². The van der Waals surface area contributed by atoms with Gasteiger partial charge in [-0.25, -0.2) is 8.78 Å². The minimum absolute atomic E-state index is 0.146. The van der Waals surface area contributed by atoms with E-state index in [-0.39, 0.29) is 23.9 Å². The first-order valence-corrected chi connectivity index (χ1v) is 6.55. The third-order valence-electron chi connectivity index (χ3n) is 3.09. The molecule has 0 fully saturated rings. The molecule has 0 aliphatic rings. The molecule has 0 aromatic heterocycles. The molecule has 2 aromatic carbocycles. The summed E-state index contributed by atoms with van der Waals surface area (Å²) in [4.78, 5) is 12.0. The molecule has 1 atom stereocenters. The fourth-order valence-electron chi connectivity index (χ4n) is 2.04. The van der Waals surface area contributed by atoms with Gasteiger partial charge in [0.15, 0.2) is 0 Å². The highest BCUT2D eigenvalue weighted by molar-refractivity contribution is 5.93. The molecule has 3 N–H and O–H groups in total. The highest BCUT2D eigenvalue weighted by Crippen LogP contribution is 2.21. The second-order valence-corrected chi connectivity index (χ2v) is 4.84. The number of carbonyl (C=O) groups is 1. The minimum Gasteiger partial charge on any atom is -0.325 e. The van der Waals surface area contributed by atoms with Gasteiger partial charge < -0.3 is 11.1 Å². The van der Waals surface area contributed by atoms with E-state index in [1.807, 2.05) is 19.1 Å². The molecule has 5 heteroatoms. The molecule has 110 valence electrons. The van der Waals surface area contributed by atoms with Crippen LogP contribution in [0.15, 0.2) is 42.5 Å². The number of para-hydroxylation sites is 1. The van der Waals surface area contributed by atoms with Crippen LogP contribution < -0.4 is 11.1 Å². The van der Waals surface area contributed by atoms with Crippen molar-refractivity contribution in [3.63, 3.8) is 0 Å². The molecule has 0 aliphatic heterocycles. The van der Waals surface area contributed by atoms with E-state index in [4.69, 9.17) is 5.73 Å². The summed E-state index contributed by atoms with van der Waals surface area (Å²) in [5.41, 5.74) is 7.37. The van der Waals surface area contributed by atoms with Gasteiger partial charge in [0.2, 0.25) is 5.91 Å². The second kappa shape index (κ2) is 6.45. The zero-order chi connectivity index (χ0) is 15.4. The van der Waals surface area contributed by atoms with Crippen molar-refractivity contribution >= 4 is 11.6 Å². The van der Waals surface area contributed by atoms with E-state index in [1.54, 1.807) is 12.1 Å². The van der Waals surface area contributed by atoms with Gasteiger partial charge in [-0.2, -0.15) is 0 Å². The standard InChI is InChI=1S/C16H16F2N2O/c1-10(19)13-4-2-3-5-15(13)20-16(21)8-11-6-7-12(17)9-14(11)18/h2-7,9-10H,8,19H2,1H3,(H,20,21). The van der Waals surface area contributed by atoms with E-state index in [2.05, 4.69) is 5.32 Å². The molecule has 0 heterocycles. The average Bonchev–Trinajstić information content (AvgIpc) is 2.42. The van der Waals surface area contributed by atoms with Gasteiger partial charge in [-0.1, -0.05) is 24.3 Å². The number of nitrogens with two attached hydrogens (primary N) is 1. The molecule has 3 nitrogen and oxygen atoms in total. The van der Waals surface area contributed by atoms with Gasteiger partial charge in [-0.3, -0.25) is 4.79 Å². The third kappa shape index (κ3) is 3.86. The molecule has 0 bridgehead atoms. The highest BCUT2D eigenvalue weighted by atomic mass is 19.1. The van der Waals surface area contributed by atoms with Crippen LogP contribution in [0.3, 0.4) is 0 Å². The number of benzene rings is 2. The van der Waals surface area contributed by atoms with Crippen LogP contribution >= 0.6 is 0 Å². The van der Waals surface area contributed by atoms with Gasteiger partial charge >= 0.3 is 0 Å². The molecular weight excluding hydrogens is 274 g/mol. The number of anilines is 1. The summed E-state index contributed by atoms with van der Waals surface area (Å²) in [6.45, 7) is 1.81. The maximum Gasteiger partial charge on any atom is 0.228 e. The predicted octanol–water partition coefficient (Wildman–Crippen LogP) is 3.17. The van der Waals surface area contributed by atoms with E-state index in [0.29, 0.717) is 5.69 Å². The third-order valence-corrected chi connectivity index (χ3v) is 3.09. The normalized spacial score (nSPS) is 12.0. The summed E-state index contributed by atoms with van der Waals surface area (Å²) in [5.74, 6) is -1.78. The van der Waals surface area contributed by atoms with Crippen molar-refractivity contribution < 1.29 is 13.6 Å². The lowest BCUT2D eigenvalue weighted by molar-refractivity contribution is -0.115. The van der Waals surface area contributed by atoms with Crippen LogP contribution in [0.2, 0.25) is 0 Å². The highest BCUT2D eigenvalue weighted by Gasteiger charge is 2.12. The summed E-state index contributed by atoms with van der Waals surface area (Å²) in [6, 6.07) is 10.1. The molecule has 0 aliphatic carbocycles. The van der Waals surface area contributed by atoms with Crippen molar-refractivity contribution in [3.05, 3.63) is 65.2 Å². The Kier molecular flexibility index (Phi) is 4.65. The number of carbonyl (C=O) groups excluding carboxylic acids is 1. The SMILES string of the molecule is CC(N)c1ccccc1NC(=O)Cc1ccc(F)cc1F. The molecular formula is C16H16F2N2O. The Balaban J connectivity index is 2.12. The first-order chi connectivity index (χ1) is 9.97. The van der Waals surface area contributed by atoms with Gasteiger partial charge in [0.1, 0.15) is 11.6 Å². The van der Waals surface area contributed by atoms with Gasteiger partial charge in [0.05, 0.1) is 6.42 Å². The Morgan fingerprint density at radius 1 is 1.24 bits per heavy atom. The van der Waals surface area contributed by atoms with Crippen molar-refractivity contribution in [2.45, 2.75) is 19.4 Å². The Morgan fingerprint density at radius 2 is 1.95 bits per heavy atom. The van der Waals surface area contributed by atoms with Crippen LogP contribution in [0.1, 0.15) is 24.1 Å². The Hall–Kier alpha value is -2.27. The minimum atomic E-state index is -0.731. The van der Waals surface area contributed by atoms with Crippen LogP contribution in [-0.4, -0.2) is 5.91 Å². The molecule has 2 rings (SSSR count). The zero-order valence-electron chi connectivity index (χ0n) is 11.6. The lowest BCUT2D eigenvalue weighted by Crippen LogP contribution is -2.18. The first kappa shape index (κ1) is 15.1. The number of hydrogen-bond donors (Lipinski definition) is 2. The molecule has 0 spiro atoms. The molecule has 0 radical (unpaired) electrons. The van der Waals surface area contributed by atoms with Gasteiger partial charge in [-0.15, -0.1) is 0 Å². The van der Waals surface area contributed by atoms with Crippen LogP contribution in [0, 0.1) is 11.6 Å². The lowest BCUT2D eigenvalue weighted by Gasteiger charge is -2.13. The van der Waals surface area contributed by atoms with E-state index in [0.717, 1.165) is 17.7 Å². The second-order valence-electron chi connectivity index (χ2n) is 4.84. The van der Waals surface area contributed by atoms with Crippen LogP contribution in [0.5, 0.6) is 0 Å². The fraction of sp³-hybridized carbons (Fsp3) is 0.188. The molecule has 2 aromatic rings. The van der Waals surface area contributed by atoms with Crippen LogP contribution in [0.25, 0.3) is 0 Å². The summed E-state index contributed by atoms with van der Waals surface area (Å²) >= 11 is 0. The summed E-state index contributed by atoms with van der Waals surface area (Å²) in [6.07, 6.45) is -0.167. The predicted molar refractivity (Wildman–Crippen MR) is 77.7 cm³/mol. The monoisotopic (exact) mass is 290 g/mol. The van der Waals surface area contributed by atoms with Gasteiger partial charge in [0.25, 0.3) is 0 Å². The van der Waals surface area contributed by atoms with Crippen molar-refractivity contribution in [2.75, 3.05) is 5.32 Å². The molecule has 21 heavy (non-hydrogen) atoms. The number of amides is 1. The zero-order valence-corrected chi connectivity index (χ0v) is 11.6. The van der Waals surface area contributed by atoms with E-state index in [1.165, 1.54) is 6.07 Å². The van der Waals surface area contributed by atoms with E-state index in [9.17, 15) is 13.6 Å². The summed E-state index contributed by atoms with van der Waals surface area (Å²) in [5, 5.41) is 2.70.